The summed E-state index contributed by atoms with van der Waals surface area (Å²) >= 11 is 0. The SMILES string of the molecule is CNC(c1ccc2[nH]c(=O)oc2c1)C1CC1. The summed E-state index contributed by atoms with van der Waals surface area (Å²) in [5, 5.41) is 3.32. The topological polar surface area (TPSA) is 58.0 Å². The summed E-state index contributed by atoms with van der Waals surface area (Å²) in [4.78, 5) is 13.7. The fourth-order valence-electron chi connectivity index (χ4n) is 2.26. The average Bonchev–Trinajstić information content (AvgIpc) is 3.01. The minimum Gasteiger partial charge on any atom is -0.408 e. The van der Waals surface area contributed by atoms with E-state index in [2.05, 4.69) is 10.3 Å². The van der Waals surface area contributed by atoms with Gasteiger partial charge in [0.2, 0.25) is 0 Å². The zero-order chi connectivity index (χ0) is 11.1. The number of fused-ring (bicyclic) bond motifs is 1. The first-order valence-electron chi connectivity index (χ1n) is 5.58. The van der Waals surface area contributed by atoms with Crippen LogP contribution in [0.1, 0.15) is 24.4 Å². The Kier molecular flexibility index (Phi) is 2.11. The van der Waals surface area contributed by atoms with E-state index in [-0.39, 0.29) is 5.76 Å². The molecular formula is C12H14N2O2. The molecule has 4 heteroatoms. The third-order valence-corrected chi connectivity index (χ3v) is 3.21. The first kappa shape index (κ1) is 9.66. The van der Waals surface area contributed by atoms with Crippen molar-refractivity contribution in [3.63, 3.8) is 0 Å². The Labute approximate surface area is 92.7 Å². The van der Waals surface area contributed by atoms with E-state index >= 15 is 0 Å². The highest BCUT2D eigenvalue weighted by Crippen LogP contribution is 2.41. The van der Waals surface area contributed by atoms with Crippen molar-refractivity contribution in [3.8, 4) is 0 Å². The molecule has 0 amide bonds. The van der Waals surface area contributed by atoms with E-state index in [0.717, 1.165) is 11.4 Å². The van der Waals surface area contributed by atoms with Gasteiger partial charge in [-0.3, -0.25) is 4.98 Å². The molecule has 1 fully saturated rings. The van der Waals surface area contributed by atoms with E-state index < -0.39 is 0 Å². The summed E-state index contributed by atoms with van der Waals surface area (Å²) in [6.45, 7) is 0. The number of benzene rings is 1. The second-order valence-corrected chi connectivity index (χ2v) is 4.37. The molecule has 1 unspecified atom stereocenters. The van der Waals surface area contributed by atoms with Crippen LogP contribution < -0.4 is 11.1 Å². The van der Waals surface area contributed by atoms with Gasteiger partial charge in [0.1, 0.15) is 0 Å². The van der Waals surface area contributed by atoms with E-state index in [1.807, 2.05) is 25.2 Å². The summed E-state index contributed by atoms with van der Waals surface area (Å²) in [6, 6.07) is 6.28. The van der Waals surface area contributed by atoms with Gasteiger partial charge in [-0.05, 0) is 43.5 Å². The molecule has 1 aliphatic rings. The number of nitrogens with one attached hydrogen (secondary N) is 2. The highest BCUT2D eigenvalue weighted by Gasteiger charge is 2.31. The summed E-state index contributed by atoms with van der Waals surface area (Å²) in [6.07, 6.45) is 2.56. The summed E-state index contributed by atoms with van der Waals surface area (Å²) in [7, 11) is 1.97. The maximum absolute atomic E-state index is 11.0. The third-order valence-electron chi connectivity index (χ3n) is 3.21. The number of hydrogen-bond donors (Lipinski definition) is 2. The lowest BCUT2D eigenvalue weighted by Crippen LogP contribution is -2.18. The molecule has 84 valence electrons. The van der Waals surface area contributed by atoms with Gasteiger partial charge in [0.25, 0.3) is 0 Å². The number of oxazole rings is 1. The highest BCUT2D eigenvalue weighted by atomic mass is 16.4. The number of aromatic amines is 1. The predicted octanol–water partition coefficient (Wildman–Crippen LogP) is 1.79. The predicted molar refractivity (Wildman–Crippen MR) is 61.4 cm³/mol. The molecule has 1 aromatic heterocycles. The van der Waals surface area contributed by atoms with Crippen LogP contribution in [-0.4, -0.2) is 12.0 Å². The summed E-state index contributed by atoms with van der Waals surface area (Å²) in [5.41, 5.74) is 2.60. The van der Waals surface area contributed by atoms with Crippen molar-refractivity contribution in [2.24, 2.45) is 5.92 Å². The smallest absolute Gasteiger partial charge is 0.408 e. The number of hydrogen-bond acceptors (Lipinski definition) is 3. The van der Waals surface area contributed by atoms with Crippen LogP contribution in [0.15, 0.2) is 27.4 Å². The van der Waals surface area contributed by atoms with Gasteiger partial charge in [-0.15, -0.1) is 0 Å². The lowest BCUT2D eigenvalue weighted by molar-refractivity contribution is 0.525. The van der Waals surface area contributed by atoms with Gasteiger partial charge in [-0.25, -0.2) is 4.79 Å². The molecule has 2 aromatic rings. The second-order valence-electron chi connectivity index (χ2n) is 4.37. The Morgan fingerprint density at radius 1 is 1.50 bits per heavy atom. The van der Waals surface area contributed by atoms with Gasteiger partial charge in [-0.2, -0.15) is 0 Å². The molecule has 0 aliphatic heterocycles. The molecule has 0 saturated heterocycles. The molecule has 3 rings (SSSR count). The Balaban J connectivity index is 2.05. The maximum atomic E-state index is 11.0. The van der Waals surface area contributed by atoms with Crippen molar-refractivity contribution < 1.29 is 4.42 Å². The van der Waals surface area contributed by atoms with Crippen molar-refractivity contribution in [1.82, 2.24) is 10.3 Å². The van der Waals surface area contributed by atoms with E-state index in [1.165, 1.54) is 18.4 Å². The standard InChI is InChI=1S/C12H14N2O2/c1-13-11(7-2-3-7)8-4-5-9-10(6-8)16-12(15)14-9/h4-7,11,13H,2-3H2,1H3,(H,14,15). The Morgan fingerprint density at radius 2 is 2.31 bits per heavy atom. The number of rotatable bonds is 3. The minimum absolute atomic E-state index is 0.379. The Hall–Kier alpha value is -1.55. The summed E-state index contributed by atoms with van der Waals surface area (Å²) in [5.74, 6) is 0.340. The van der Waals surface area contributed by atoms with Crippen LogP contribution in [0.25, 0.3) is 11.1 Å². The van der Waals surface area contributed by atoms with Crippen molar-refractivity contribution >= 4 is 11.1 Å². The van der Waals surface area contributed by atoms with Gasteiger partial charge >= 0.3 is 5.76 Å². The van der Waals surface area contributed by atoms with Crippen LogP contribution in [0.3, 0.4) is 0 Å². The zero-order valence-corrected chi connectivity index (χ0v) is 9.12. The Bertz CT molecular complexity index is 566. The first-order valence-corrected chi connectivity index (χ1v) is 5.58. The van der Waals surface area contributed by atoms with Gasteiger partial charge in [0.15, 0.2) is 5.58 Å². The largest absolute Gasteiger partial charge is 0.417 e. The monoisotopic (exact) mass is 218 g/mol. The number of aromatic nitrogens is 1. The van der Waals surface area contributed by atoms with E-state index in [9.17, 15) is 4.79 Å². The fraction of sp³-hybridized carbons (Fsp3) is 0.417. The molecule has 2 N–H and O–H groups in total. The average molecular weight is 218 g/mol. The van der Waals surface area contributed by atoms with E-state index in [4.69, 9.17) is 4.42 Å². The quantitative estimate of drug-likeness (QED) is 0.825. The van der Waals surface area contributed by atoms with Crippen molar-refractivity contribution in [1.29, 1.82) is 0 Å². The van der Waals surface area contributed by atoms with Crippen molar-refractivity contribution in [2.75, 3.05) is 7.05 Å². The molecule has 0 spiro atoms. The third kappa shape index (κ3) is 1.55. The first-order chi connectivity index (χ1) is 7.78. The Morgan fingerprint density at radius 3 is 3.00 bits per heavy atom. The zero-order valence-electron chi connectivity index (χ0n) is 9.12. The molecule has 1 heterocycles. The molecule has 1 aromatic carbocycles. The van der Waals surface area contributed by atoms with Crippen LogP contribution in [0, 0.1) is 5.92 Å². The summed E-state index contributed by atoms with van der Waals surface area (Å²) < 4.78 is 5.06. The molecule has 0 bridgehead atoms. The van der Waals surface area contributed by atoms with Crippen LogP contribution >= 0.6 is 0 Å². The fourth-order valence-corrected chi connectivity index (χ4v) is 2.26. The number of H-pyrrole nitrogens is 1. The lowest BCUT2D eigenvalue weighted by Gasteiger charge is -2.15. The maximum Gasteiger partial charge on any atom is 0.417 e. The van der Waals surface area contributed by atoms with Gasteiger partial charge < -0.3 is 9.73 Å². The van der Waals surface area contributed by atoms with E-state index in [1.54, 1.807) is 0 Å². The van der Waals surface area contributed by atoms with Gasteiger partial charge in [0, 0.05) is 6.04 Å². The van der Waals surface area contributed by atoms with Gasteiger partial charge in [-0.1, -0.05) is 6.07 Å². The molecule has 4 nitrogen and oxygen atoms in total. The normalized spacial score (nSPS) is 17.8. The lowest BCUT2D eigenvalue weighted by atomic mass is 10.0. The van der Waals surface area contributed by atoms with E-state index in [0.29, 0.717) is 11.6 Å². The van der Waals surface area contributed by atoms with Crippen LogP contribution in [0.5, 0.6) is 0 Å². The van der Waals surface area contributed by atoms with Crippen molar-refractivity contribution in [2.45, 2.75) is 18.9 Å². The highest BCUT2D eigenvalue weighted by molar-refractivity contribution is 5.72. The second kappa shape index (κ2) is 3.49. The van der Waals surface area contributed by atoms with Crippen LogP contribution in [0.2, 0.25) is 0 Å². The molecule has 16 heavy (non-hydrogen) atoms. The minimum atomic E-state index is -0.389. The molecule has 0 radical (unpaired) electrons. The van der Waals surface area contributed by atoms with Crippen LogP contribution in [-0.2, 0) is 0 Å². The molecule has 1 atom stereocenters. The molecule has 1 saturated carbocycles. The molecular weight excluding hydrogens is 204 g/mol. The van der Waals surface area contributed by atoms with Crippen molar-refractivity contribution in [3.05, 3.63) is 34.3 Å². The molecule has 1 aliphatic carbocycles. The van der Waals surface area contributed by atoms with Crippen LogP contribution in [0.4, 0.5) is 0 Å². The van der Waals surface area contributed by atoms with Gasteiger partial charge in [0.05, 0.1) is 5.52 Å².